The second-order valence-corrected chi connectivity index (χ2v) is 6.47. The largest absolute Gasteiger partial charge is 0.375 e. The van der Waals surface area contributed by atoms with Crippen LogP contribution in [0.1, 0.15) is 34.8 Å². The Bertz CT molecular complexity index is 786. The van der Waals surface area contributed by atoms with Gasteiger partial charge in [-0.25, -0.2) is 9.50 Å². The molecule has 2 aromatic rings. The first-order valence-corrected chi connectivity index (χ1v) is 8.34. The monoisotopic (exact) mass is 345 g/mol. The zero-order chi connectivity index (χ0) is 18.0. The lowest BCUT2D eigenvalue weighted by molar-refractivity contribution is -0.136. The second-order valence-electron chi connectivity index (χ2n) is 6.47. The van der Waals surface area contributed by atoms with Gasteiger partial charge in [-0.3, -0.25) is 9.59 Å². The molecule has 0 aromatic carbocycles. The second kappa shape index (κ2) is 7.18. The number of fused-ring (bicyclic) bond motifs is 1. The Morgan fingerprint density at radius 1 is 1.40 bits per heavy atom. The van der Waals surface area contributed by atoms with Crippen LogP contribution in [-0.4, -0.2) is 77.1 Å². The molecule has 3 heterocycles. The van der Waals surface area contributed by atoms with Gasteiger partial charge in [-0.05, 0) is 18.9 Å². The summed E-state index contributed by atoms with van der Waals surface area (Å²) in [6, 6.07) is 1.92. The number of amides is 2. The maximum Gasteiger partial charge on any atom is 0.258 e. The molecule has 8 nitrogen and oxygen atoms in total. The fourth-order valence-corrected chi connectivity index (χ4v) is 3.27. The number of piperidine rings is 1. The van der Waals surface area contributed by atoms with Gasteiger partial charge in [0.1, 0.15) is 12.2 Å². The fraction of sp³-hybridized carbons (Fsp3) is 0.529. The van der Waals surface area contributed by atoms with Gasteiger partial charge in [0.15, 0.2) is 5.65 Å². The lowest BCUT2D eigenvalue weighted by Crippen LogP contribution is -2.41. The van der Waals surface area contributed by atoms with E-state index in [4.69, 9.17) is 4.74 Å². The smallest absolute Gasteiger partial charge is 0.258 e. The van der Waals surface area contributed by atoms with Crippen molar-refractivity contribution in [3.8, 4) is 0 Å². The lowest BCUT2D eigenvalue weighted by atomic mass is 9.94. The maximum atomic E-state index is 12.3. The van der Waals surface area contributed by atoms with Gasteiger partial charge in [0.05, 0.1) is 11.9 Å². The third-order valence-electron chi connectivity index (χ3n) is 4.53. The topological polar surface area (TPSA) is 80.0 Å². The third-order valence-corrected chi connectivity index (χ3v) is 4.53. The van der Waals surface area contributed by atoms with Gasteiger partial charge in [-0.2, -0.15) is 5.10 Å². The molecule has 0 aliphatic carbocycles. The highest BCUT2D eigenvalue weighted by Crippen LogP contribution is 2.27. The van der Waals surface area contributed by atoms with Crippen molar-refractivity contribution in [3.63, 3.8) is 0 Å². The average Bonchev–Trinajstić information content (AvgIpc) is 3.05. The van der Waals surface area contributed by atoms with Crippen LogP contribution >= 0.6 is 0 Å². The number of likely N-dealkylation sites (tertiary alicyclic amines) is 1. The number of aromatic nitrogens is 3. The van der Waals surface area contributed by atoms with Crippen molar-refractivity contribution >= 4 is 17.5 Å². The maximum absolute atomic E-state index is 12.3. The van der Waals surface area contributed by atoms with Gasteiger partial charge in [0, 0.05) is 46.4 Å². The van der Waals surface area contributed by atoms with Gasteiger partial charge in [0.25, 0.3) is 5.91 Å². The molecule has 0 saturated carbocycles. The van der Waals surface area contributed by atoms with E-state index in [1.807, 2.05) is 11.0 Å². The first kappa shape index (κ1) is 17.3. The van der Waals surface area contributed by atoms with E-state index in [2.05, 4.69) is 10.1 Å². The van der Waals surface area contributed by atoms with Crippen molar-refractivity contribution in [1.82, 2.24) is 24.4 Å². The van der Waals surface area contributed by atoms with Gasteiger partial charge < -0.3 is 14.5 Å². The van der Waals surface area contributed by atoms with E-state index in [0.717, 1.165) is 25.1 Å². The lowest BCUT2D eigenvalue weighted by Gasteiger charge is -2.32. The van der Waals surface area contributed by atoms with Crippen molar-refractivity contribution in [3.05, 3.63) is 29.7 Å². The number of rotatable bonds is 4. The molecule has 8 heteroatoms. The van der Waals surface area contributed by atoms with E-state index in [1.165, 1.54) is 12.0 Å². The predicted octanol–water partition coefficient (Wildman–Crippen LogP) is 0.783. The van der Waals surface area contributed by atoms with Crippen LogP contribution in [0.3, 0.4) is 0 Å². The zero-order valence-corrected chi connectivity index (χ0v) is 14.8. The van der Waals surface area contributed by atoms with Crippen molar-refractivity contribution in [2.75, 3.05) is 40.9 Å². The first-order chi connectivity index (χ1) is 12.0. The standard InChI is InChI=1S/C17H23N5O3/c1-20(2)17(24)13-9-19-22-14(6-7-18-16(13)22)12-5-4-8-21(10-12)15(23)11-25-3/h6-7,9,12H,4-5,8,10-11H2,1-3H3/t12-/m0/s1. The molecule has 0 N–H and O–H groups in total. The van der Waals surface area contributed by atoms with E-state index < -0.39 is 0 Å². The highest BCUT2D eigenvalue weighted by Gasteiger charge is 2.27. The quantitative estimate of drug-likeness (QED) is 0.818. The summed E-state index contributed by atoms with van der Waals surface area (Å²) in [7, 11) is 4.94. The highest BCUT2D eigenvalue weighted by molar-refractivity contribution is 5.99. The Balaban J connectivity index is 1.91. The van der Waals surface area contributed by atoms with Crippen LogP contribution in [0.5, 0.6) is 0 Å². The molecule has 0 radical (unpaired) electrons. The third kappa shape index (κ3) is 3.34. The van der Waals surface area contributed by atoms with Crippen molar-refractivity contribution in [1.29, 1.82) is 0 Å². The van der Waals surface area contributed by atoms with Crippen LogP contribution in [0.2, 0.25) is 0 Å². The van der Waals surface area contributed by atoms with E-state index in [9.17, 15) is 9.59 Å². The molecule has 1 aliphatic rings. The first-order valence-electron chi connectivity index (χ1n) is 8.34. The molecule has 2 amide bonds. The Hall–Kier alpha value is -2.48. The fourth-order valence-electron chi connectivity index (χ4n) is 3.27. The molecule has 0 spiro atoms. The minimum Gasteiger partial charge on any atom is -0.375 e. The highest BCUT2D eigenvalue weighted by atomic mass is 16.5. The van der Waals surface area contributed by atoms with Crippen molar-refractivity contribution < 1.29 is 14.3 Å². The summed E-state index contributed by atoms with van der Waals surface area (Å²) in [4.78, 5) is 32.1. The number of ether oxygens (including phenoxy) is 1. The Morgan fingerprint density at radius 3 is 2.92 bits per heavy atom. The summed E-state index contributed by atoms with van der Waals surface area (Å²) in [5.41, 5.74) is 2.00. The normalized spacial score (nSPS) is 17.7. The van der Waals surface area contributed by atoms with E-state index in [-0.39, 0.29) is 24.3 Å². The molecule has 1 atom stereocenters. The number of carbonyl (C=O) groups excluding carboxylic acids is 2. The van der Waals surface area contributed by atoms with Crippen molar-refractivity contribution in [2.45, 2.75) is 18.8 Å². The molecule has 1 saturated heterocycles. The summed E-state index contributed by atoms with van der Waals surface area (Å²) < 4.78 is 6.69. The zero-order valence-electron chi connectivity index (χ0n) is 14.8. The van der Waals surface area contributed by atoms with Crippen LogP contribution in [0.4, 0.5) is 0 Å². The van der Waals surface area contributed by atoms with Crippen molar-refractivity contribution in [2.24, 2.45) is 0 Å². The number of carbonyl (C=O) groups is 2. The molecule has 0 bridgehead atoms. The molecular weight excluding hydrogens is 322 g/mol. The number of methoxy groups -OCH3 is 1. The number of nitrogens with zero attached hydrogens (tertiary/aromatic N) is 5. The molecule has 2 aromatic heterocycles. The number of hydrogen-bond acceptors (Lipinski definition) is 5. The van der Waals surface area contributed by atoms with Crippen LogP contribution in [0.15, 0.2) is 18.5 Å². The van der Waals surface area contributed by atoms with Crippen LogP contribution in [0, 0.1) is 0 Å². The molecule has 1 fully saturated rings. The molecule has 25 heavy (non-hydrogen) atoms. The van der Waals surface area contributed by atoms with E-state index in [0.29, 0.717) is 17.8 Å². The van der Waals surface area contributed by atoms with E-state index in [1.54, 1.807) is 31.0 Å². The summed E-state index contributed by atoms with van der Waals surface area (Å²) in [5, 5.41) is 4.38. The SMILES string of the molecule is COCC(=O)N1CCC[C@H](c2ccnc3c(C(=O)N(C)C)cnn23)C1. The summed E-state index contributed by atoms with van der Waals surface area (Å²) in [5.74, 6) is 0.0314. The van der Waals surface area contributed by atoms with Gasteiger partial charge >= 0.3 is 0 Å². The Morgan fingerprint density at radius 2 is 2.20 bits per heavy atom. The van der Waals surface area contributed by atoms with Crippen LogP contribution < -0.4 is 0 Å². The molecular formula is C17H23N5O3. The molecule has 0 unspecified atom stereocenters. The molecule has 1 aliphatic heterocycles. The van der Waals surface area contributed by atoms with Gasteiger partial charge in [-0.15, -0.1) is 0 Å². The number of hydrogen-bond donors (Lipinski definition) is 0. The Kier molecular flexibility index (Phi) is 4.98. The predicted molar refractivity (Wildman–Crippen MR) is 91.4 cm³/mol. The van der Waals surface area contributed by atoms with E-state index >= 15 is 0 Å². The van der Waals surface area contributed by atoms with Gasteiger partial charge in [0.2, 0.25) is 5.91 Å². The molecule has 3 rings (SSSR count). The summed E-state index contributed by atoms with van der Waals surface area (Å²) in [6.07, 6.45) is 5.15. The van der Waals surface area contributed by atoms with Crippen LogP contribution in [0.25, 0.3) is 5.65 Å². The minimum atomic E-state index is -0.125. The molecule has 134 valence electrons. The average molecular weight is 345 g/mol. The minimum absolute atomic E-state index is 0.00133. The van der Waals surface area contributed by atoms with Crippen LogP contribution in [-0.2, 0) is 9.53 Å². The summed E-state index contributed by atoms with van der Waals surface area (Å²) >= 11 is 0. The summed E-state index contributed by atoms with van der Waals surface area (Å²) in [6.45, 7) is 1.47. The van der Waals surface area contributed by atoms with Gasteiger partial charge in [-0.1, -0.05) is 0 Å². The Labute approximate surface area is 146 Å².